The molecule has 4 nitrogen and oxygen atoms in total. The molecule has 1 atom stereocenters. The van der Waals surface area contributed by atoms with E-state index in [4.69, 9.17) is 34.7 Å². The zero-order chi connectivity index (χ0) is 18.1. The van der Waals surface area contributed by atoms with Crippen molar-refractivity contribution in [3.8, 4) is 11.1 Å². The fourth-order valence-electron chi connectivity index (χ4n) is 1.97. The average molecular weight is 384 g/mol. The third-order valence-electron chi connectivity index (χ3n) is 3.25. The van der Waals surface area contributed by atoms with E-state index in [0.29, 0.717) is 32.5 Å². The Hall–Kier alpha value is -1.40. The predicted molar refractivity (Wildman–Crippen MR) is 106 cm³/mol. The van der Waals surface area contributed by atoms with Crippen LogP contribution < -0.4 is 11.5 Å². The van der Waals surface area contributed by atoms with Gasteiger partial charge in [0.1, 0.15) is 16.1 Å². The zero-order valence-corrected chi connectivity index (χ0v) is 16.0. The number of halogens is 2. The van der Waals surface area contributed by atoms with Crippen LogP contribution in [0, 0.1) is 0 Å². The van der Waals surface area contributed by atoms with Crippen LogP contribution in [-0.4, -0.2) is 15.5 Å². The topological polar surface area (TPSA) is 87.5 Å². The predicted octanol–water partition coefficient (Wildman–Crippen LogP) is 4.71. The van der Waals surface area contributed by atoms with Crippen molar-refractivity contribution in [2.24, 2.45) is 4.40 Å². The van der Waals surface area contributed by atoms with Crippen LogP contribution in [0.25, 0.3) is 11.1 Å². The molecule has 2 aromatic rings. The molecule has 0 bridgehead atoms. The Bertz CT molecular complexity index is 765. The van der Waals surface area contributed by atoms with Crippen LogP contribution in [0.15, 0.2) is 34.7 Å². The van der Waals surface area contributed by atoms with Gasteiger partial charge in [-0.15, -0.1) is 0 Å². The van der Waals surface area contributed by atoms with Crippen LogP contribution in [0.3, 0.4) is 0 Å². The Balaban J connectivity index is 2.45. The first-order chi connectivity index (χ1) is 11.1. The number of nitrogen functional groups attached to an aromatic ring is 2. The lowest BCUT2D eigenvalue weighted by molar-refractivity contribution is 0.562. The maximum Gasteiger partial charge on any atom is 0.144 e. The Morgan fingerprint density at radius 3 is 2.21 bits per heavy atom. The molecule has 2 aromatic carbocycles. The van der Waals surface area contributed by atoms with Gasteiger partial charge in [0.2, 0.25) is 0 Å². The Labute approximate surface area is 155 Å². The quantitative estimate of drug-likeness (QED) is 0.457. The third-order valence-corrected chi connectivity index (χ3v) is 5.19. The van der Waals surface area contributed by atoms with E-state index in [1.54, 1.807) is 18.2 Å². The lowest BCUT2D eigenvalue weighted by atomic mass is 10.0. The van der Waals surface area contributed by atoms with Gasteiger partial charge < -0.3 is 16.0 Å². The Kier molecular flexibility index (Phi) is 5.71. The van der Waals surface area contributed by atoms with Crippen molar-refractivity contribution in [1.29, 1.82) is 0 Å². The maximum atomic E-state index is 12.1. The minimum atomic E-state index is -1.36. The van der Waals surface area contributed by atoms with E-state index >= 15 is 0 Å². The smallest absolute Gasteiger partial charge is 0.144 e. The SMILES string of the molecule is CC(C)(C)[S+]([O-])N=Cc1cc(-c2c(Cl)cc(N)cc2Cl)ccc1N. The molecule has 24 heavy (non-hydrogen) atoms. The number of nitrogens with two attached hydrogens (primary N) is 2. The second-order valence-electron chi connectivity index (χ2n) is 6.30. The van der Waals surface area contributed by atoms with E-state index in [9.17, 15) is 4.55 Å². The molecule has 2 rings (SSSR count). The molecule has 0 saturated heterocycles. The summed E-state index contributed by atoms with van der Waals surface area (Å²) in [4.78, 5) is 0. The molecule has 0 spiro atoms. The molecule has 1 unspecified atom stereocenters. The Morgan fingerprint density at radius 2 is 1.67 bits per heavy atom. The summed E-state index contributed by atoms with van der Waals surface area (Å²) in [5.74, 6) is 0. The lowest BCUT2D eigenvalue weighted by Crippen LogP contribution is -2.25. The van der Waals surface area contributed by atoms with E-state index in [1.165, 1.54) is 6.21 Å². The molecular weight excluding hydrogens is 365 g/mol. The molecule has 128 valence electrons. The summed E-state index contributed by atoms with van der Waals surface area (Å²) in [7, 11) is 0. The fraction of sp³-hybridized carbons (Fsp3) is 0.235. The summed E-state index contributed by atoms with van der Waals surface area (Å²) in [6, 6.07) is 8.64. The molecule has 0 aliphatic heterocycles. The summed E-state index contributed by atoms with van der Waals surface area (Å²) in [5.41, 5.74) is 14.8. The van der Waals surface area contributed by atoms with E-state index in [2.05, 4.69) is 4.40 Å². The van der Waals surface area contributed by atoms with Gasteiger partial charge in [-0.05, 0) is 50.6 Å². The number of anilines is 2. The molecule has 4 N–H and O–H groups in total. The van der Waals surface area contributed by atoms with Crippen LogP contribution in [0.5, 0.6) is 0 Å². The van der Waals surface area contributed by atoms with Crippen molar-refractivity contribution in [1.82, 2.24) is 0 Å². The van der Waals surface area contributed by atoms with Crippen LogP contribution in [0.4, 0.5) is 11.4 Å². The number of rotatable bonds is 3. The highest BCUT2D eigenvalue weighted by atomic mass is 35.5. The fourth-order valence-corrected chi connectivity index (χ4v) is 3.22. The normalized spacial score (nSPS) is 13.4. The van der Waals surface area contributed by atoms with Crippen molar-refractivity contribution in [2.75, 3.05) is 11.5 Å². The number of hydrogen-bond acceptors (Lipinski definition) is 4. The summed E-state index contributed by atoms with van der Waals surface area (Å²) in [5, 5.41) is 0.900. The van der Waals surface area contributed by atoms with Gasteiger partial charge >= 0.3 is 0 Å². The molecule has 0 saturated carbocycles. The van der Waals surface area contributed by atoms with Crippen molar-refractivity contribution >= 4 is 52.2 Å². The van der Waals surface area contributed by atoms with Gasteiger partial charge in [0.15, 0.2) is 0 Å². The lowest BCUT2D eigenvalue weighted by Gasteiger charge is -2.17. The highest BCUT2D eigenvalue weighted by Crippen LogP contribution is 2.37. The molecule has 0 aliphatic carbocycles. The molecular formula is C17H19Cl2N3OS. The zero-order valence-electron chi connectivity index (χ0n) is 13.6. The summed E-state index contributed by atoms with van der Waals surface area (Å²) in [6.45, 7) is 5.57. The second-order valence-corrected chi connectivity index (χ2v) is 9.05. The van der Waals surface area contributed by atoms with Gasteiger partial charge in [0.05, 0.1) is 16.3 Å². The molecule has 7 heteroatoms. The van der Waals surface area contributed by atoms with E-state index in [-0.39, 0.29) is 0 Å². The van der Waals surface area contributed by atoms with Crippen molar-refractivity contribution in [2.45, 2.75) is 25.5 Å². The van der Waals surface area contributed by atoms with Gasteiger partial charge in [-0.1, -0.05) is 33.7 Å². The molecule has 0 radical (unpaired) electrons. The molecule has 0 fully saturated rings. The van der Waals surface area contributed by atoms with E-state index in [1.807, 2.05) is 32.9 Å². The number of benzene rings is 2. The first-order valence-corrected chi connectivity index (χ1v) is 9.06. The summed E-state index contributed by atoms with van der Waals surface area (Å²) < 4.78 is 15.7. The van der Waals surface area contributed by atoms with Crippen LogP contribution in [0.2, 0.25) is 10.0 Å². The molecule has 0 aliphatic rings. The highest BCUT2D eigenvalue weighted by molar-refractivity contribution is 7.91. The maximum absolute atomic E-state index is 12.1. The van der Waals surface area contributed by atoms with E-state index < -0.39 is 16.1 Å². The monoisotopic (exact) mass is 383 g/mol. The largest absolute Gasteiger partial charge is 0.591 e. The van der Waals surface area contributed by atoms with Gasteiger partial charge in [-0.2, -0.15) is 0 Å². The highest BCUT2D eigenvalue weighted by Gasteiger charge is 2.25. The summed E-state index contributed by atoms with van der Waals surface area (Å²) in [6.07, 6.45) is 1.51. The second kappa shape index (κ2) is 7.23. The van der Waals surface area contributed by atoms with Gasteiger partial charge in [-0.25, -0.2) is 0 Å². The van der Waals surface area contributed by atoms with Crippen LogP contribution >= 0.6 is 23.2 Å². The first-order valence-electron chi connectivity index (χ1n) is 7.20. The van der Waals surface area contributed by atoms with Crippen molar-refractivity contribution in [3.05, 3.63) is 45.9 Å². The van der Waals surface area contributed by atoms with Gasteiger partial charge in [0, 0.05) is 22.5 Å². The van der Waals surface area contributed by atoms with Crippen molar-refractivity contribution < 1.29 is 4.55 Å². The molecule has 0 aromatic heterocycles. The summed E-state index contributed by atoms with van der Waals surface area (Å²) >= 11 is 11.2. The number of nitrogens with zero attached hydrogens (tertiary/aromatic N) is 1. The molecule has 0 amide bonds. The number of hydrogen-bond donors (Lipinski definition) is 2. The third kappa shape index (κ3) is 4.36. The first kappa shape index (κ1) is 18.9. The minimum Gasteiger partial charge on any atom is -0.591 e. The van der Waals surface area contributed by atoms with Gasteiger partial charge in [0.25, 0.3) is 0 Å². The van der Waals surface area contributed by atoms with Crippen molar-refractivity contribution in [3.63, 3.8) is 0 Å². The Morgan fingerprint density at radius 1 is 1.08 bits per heavy atom. The standard InChI is InChI=1S/C17H19Cl2N3OS/c1-17(2,3)24(23)22-9-11-6-10(4-5-15(11)21)16-13(18)7-12(20)8-14(16)19/h4-9H,20-21H2,1-3H3. The minimum absolute atomic E-state index is 0.438. The van der Waals surface area contributed by atoms with Gasteiger partial charge in [-0.3, -0.25) is 0 Å². The van der Waals surface area contributed by atoms with Crippen LogP contribution in [-0.2, 0) is 11.4 Å². The molecule has 0 heterocycles. The van der Waals surface area contributed by atoms with Crippen LogP contribution in [0.1, 0.15) is 26.3 Å². The van der Waals surface area contributed by atoms with E-state index in [0.717, 1.165) is 5.56 Å². The average Bonchev–Trinajstić information content (AvgIpc) is 2.45.